The number of hydrogen-bond donors (Lipinski definition) is 0. The molecule has 0 spiro atoms. The fourth-order valence-corrected chi connectivity index (χ4v) is 2.82. The van der Waals surface area contributed by atoms with Crippen LogP contribution in [0.15, 0.2) is 60.7 Å². The van der Waals surface area contributed by atoms with Crippen molar-refractivity contribution < 1.29 is 17.4 Å². The second-order valence-electron chi connectivity index (χ2n) is 6.24. The predicted molar refractivity (Wildman–Crippen MR) is 103 cm³/mol. The maximum atomic E-state index is 12.6. The molecule has 2 aromatic rings. The molecule has 0 bridgehead atoms. The van der Waals surface area contributed by atoms with Crippen molar-refractivity contribution in [1.82, 2.24) is 4.90 Å². The van der Waals surface area contributed by atoms with Crippen LogP contribution >= 0.6 is 0 Å². The normalized spacial score (nSPS) is 11.7. The van der Waals surface area contributed by atoms with Crippen molar-refractivity contribution in [1.29, 1.82) is 0 Å². The van der Waals surface area contributed by atoms with Crippen LogP contribution in [0.5, 0.6) is 5.75 Å². The van der Waals surface area contributed by atoms with Gasteiger partial charge in [-0.05, 0) is 43.2 Å². The van der Waals surface area contributed by atoms with Gasteiger partial charge >= 0.3 is 10.1 Å². The van der Waals surface area contributed by atoms with Crippen molar-refractivity contribution in [2.45, 2.75) is 26.4 Å². The molecular formula is C20H23NO4S. The van der Waals surface area contributed by atoms with Crippen molar-refractivity contribution in [3.63, 3.8) is 0 Å². The van der Waals surface area contributed by atoms with Crippen LogP contribution in [0, 0.1) is 0 Å². The summed E-state index contributed by atoms with van der Waals surface area (Å²) in [6.07, 6.45) is 4.36. The van der Waals surface area contributed by atoms with E-state index >= 15 is 0 Å². The maximum absolute atomic E-state index is 12.6. The first-order valence-electron chi connectivity index (χ1n) is 8.27. The first-order valence-corrected chi connectivity index (χ1v) is 10.1. The van der Waals surface area contributed by atoms with Crippen LogP contribution in [0.1, 0.15) is 25.0 Å². The predicted octanol–water partition coefficient (Wildman–Crippen LogP) is 3.48. The summed E-state index contributed by atoms with van der Waals surface area (Å²) >= 11 is 0. The Balaban J connectivity index is 2.08. The zero-order chi connectivity index (χ0) is 19.2. The van der Waals surface area contributed by atoms with Crippen LogP contribution in [-0.2, 0) is 21.5 Å². The van der Waals surface area contributed by atoms with Gasteiger partial charge in [-0.1, -0.05) is 42.5 Å². The topological polar surface area (TPSA) is 63.7 Å². The summed E-state index contributed by atoms with van der Waals surface area (Å²) in [7, 11) is -3.55. The van der Waals surface area contributed by atoms with Gasteiger partial charge in [0.05, 0.1) is 6.26 Å². The van der Waals surface area contributed by atoms with Gasteiger partial charge in [-0.25, -0.2) is 0 Å². The number of carbonyl (C=O) groups excluding carboxylic acids is 1. The second kappa shape index (κ2) is 8.67. The van der Waals surface area contributed by atoms with Gasteiger partial charge < -0.3 is 9.08 Å². The quantitative estimate of drug-likeness (QED) is 0.551. The van der Waals surface area contributed by atoms with Gasteiger partial charge in [0.2, 0.25) is 5.91 Å². The largest absolute Gasteiger partial charge is 0.383 e. The molecule has 5 nitrogen and oxygen atoms in total. The molecule has 6 heteroatoms. The Morgan fingerprint density at radius 3 is 2.23 bits per heavy atom. The fraction of sp³-hybridized carbons (Fsp3) is 0.250. The van der Waals surface area contributed by atoms with Crippen LogP contribution in [0.25, 0.3) is 6.08 Å². The molecule has 2 rings (SSSR count). The van der Waals surface area contributed by atoms with Crippen molar-refractivity contribution in [2.75, 3.05) is 6.26 Å². The molecule has 0 aliphatic carbocycles. The van der Waals surface area contributed by atoms with Crippen molar-refractivity contribution in [2.24, 2.45) is 0 Å². The standard InChI is InChI=1S/C20H23NO4S/c1-16(2)21(20(22)14-11-17-7-5-4-6-8-17)15-18-9-12-19(13-10-18)25-26(3,23)24/h4-14,16H,15H2,1-3H3. The van der Waals surface area contributed by atoms with E-state index in [4.69, 9.17) is 4.18 Å². The molecule has 26 heavy (non-hydrogen) atoms. The molecule has 0 aromatic heterocycles. The van der Waals surface area contributed by atoms with Gasteiger partial charge in [0.15, 0.2) is 0 Å². The van der Waals surface area contributed by atoms with Crippen molar-refractivity contribution in [3.05, 3.63) is 71.8 Å². The minimum absolute atomic E-state index is 0.0230. The van der Waals surface area contributed by atoms with E-state index in [2.05, 4.69) is 0 Å². The van der Waals surface area contributed by atoms with E-state index in [0.717, 1.165) is 17.4 Å². The van der Waals surface area contributed by atoms with E-state index in [1.165, 1.54) is 0 Å². The number of benzene rings is 2. The third-order valence-electron chi connectivity index (χ3n) is 3.65. The molecule has 0 fully saturated rings. The Kier molecular flexibility index (Phi) is 6.58. The lowest BCUT2D eigenvalue weighted by Crippen LogP contribution is -2.35. The van der Waals surface area contributed by atoms with E-state index in [9.17, 15) is 13.2 Å². The van der Waals surface area contributed by atoms with Crippen LogP contribution in [0.3, 0.4) is 0 Å². The number of nitrogens with zero attached hydrogens (tertiary/aromatic N) is 1. The average molecular weight is 373 g/mol. The SMILES string of the molecule is CC(C)N(Cc1ccc(OS(C)(=O)=O)cc1)C(=O)C=Cc1ccccc1. The Hall–Kier alpha value is -2.60. The number of carbonyl (C=O) groups is 1. The molecule has 0 unspecified atom stereocenters. The third kappa shape index (κ3) is 6.37. The van der Waals surface area contributed by atoms with Crippen LogP contribution in [0.2, 0.25) is 0 Å². The van der Waals surface area contributed by atoms with Gasteiger partial charge in [-0.3, -0.25) is 4.79 Å². The Bertz CT molecular complexity index is 856. The molecule has 0 saturated heterocycles. The summed E-state index contributed by atoms with van der Waals surface area (Å²) in [5, 5.41) is 0. The van der Waals surface area contributed by atoms with Gasteiger partial charge in [-0.2, -0.15) is 8.42 Å². The second-order valence-corrected chi connectivity index (χ2v) is 7.81. The molecule has 2 aromatic carbocycles. The maximum Gasteiger partial charge on any atom is 0.306 e. The highest BCUT2D eigenvalue weighted by Crippen LogP contribution is 2.16. The summed E-state index contributed by atoms with van der Waals surface area (Å²) in [5.74, 6) is 0.169. The number of amides is 1. The minimum Gasteiger partial charge on any atom is -0.383 e. The van der Waals surface area contributed by atoms with Crippen molar-refractivity contribution in [3.8, 4) is 5.75 Å². The summed E-state index contributed by atoms with van der Waals surface area (Å²) in [5.41, 5.74) is 1.85. The third-order valence-corrected chi connectivity index (χ3v) is 4.14. The van der Waals surface area contributed by atoms with Gasteiger partial charge in [-0.15, -0.1) is 0 Å². The molecule has 0 N–H and O–H groups in total. The van der Waals surface area contributed by atoms with E-state index < -0.39 is 10.1 Å². The molecule has 0 aliphatic heterocycles. The summed E-state index contributed by atoms with van der Waals surface area (Å²) < 4.78 is 27.1. The monoisotopic (exact) mass is 373 g/mol. The Morgan fingerprint density at radius 2 is 1.69 bits per heavy atom. The van der Waals surface area contributed by atoms with Gasteiger partial charge in [0.25, 0.3) is 0 Å². The van der Waals surface area contributed by atoms with E-state index in [-0.39, 0.29) is 17.7 Å². The smallest absolute Gasteiger partial charge is 0.306 e. The molecule has 138 valence electrons. The van der Waals surface area contributed by atoms with Crippen molar-refractivity contribution >= 4 is 22.1 Å². The Labute approximate surface area is 155 Å². The lowest BCUT2D eigenvalue weighted by molar-refractivity contribution is -0.128. The van der Waals surface area contributed by atoms with Crippen LogP contribution < -0.4 is 4.18 Å². The summed E-state index contributed by atoms with van der Waals surface area (Å²) in [4.78, 5) is 14.3. The zero-order valence-corrected chi connectivity index (χ0v) is 15.9. The lowest BCUT2D eigenvalue weighted by Gasteiger charge is -2.25. The van der Waals surface area contributed by atoms with E-state index in [0.29, 0.717) is 6.54 Å². The summed E-state index contributed by atoms with van der Waals surface area (Å²) in [6.45, 7) is 4.33. The molecule has 0 atom stereocenters. The minimum atomic E-state index is -3.55. The first kappa shape index (κ1) is 19.7. The van der Waals surface area contributed by atoms with Crippen LogP contribution in [-0.4, -0.2) is 31.5 Å². The highest BCUT2D eigenvalue weighted by atomic mass is 32.2. The fourth-order valence-electron chi connectivity index (χ4n) is 2.36. The highest BCUT2D eigenvalue weighted by Gasteiger charge is 2.15. The molecular weight excluding hydrogens is 350 g/mol. The molecule has 0 heterocycles. The zero-order valence-electron chi connectivity index (χ0n) is 15.1. The van der Waals surface area contributed by atoms with Gasteiger partial charge in [0.1, 0.15) is 5.75 Å². The lowest BCUT2D eigenvalue weighted by atomic mass is 10.1. The van der Waals surface area contributed by atoms with E-state index in [1.54, 1.807) is 41.3 Å². The van der Waals surface area contributed by atoms with Gasteiger partial charge in [0, 0.05) is 18.7 Å². The average Bonchev–Trinajstić information content (AvgIpc) is 2.58. The number of hydrogen-bond acceptors (Lipinski definition) is 4. The van der Waals surface area contributed by atoms with Crippen LogP contribution in [0.4, 0.5) is 0 Å². The first-order chi connectivity index (χ1) is 12.2. The Morgan fingerprint density at radius 1 is 1.08 bits per heavy atom. The number of rotatable bonds is 7. The molecule has 0 aliphatic rings. The molecule has 1 amide bonds. The molecule has 0 radical (unpaired) electrons. The molecule has 0 saturated carbocycles. The highest BCUT2D eigenvalue weighted by molar-refractivity contribution is 7.86. The summed E-state index contributed by atoms with van der Waals surface area (Å²) in [6, 6.07) is 16.3. The van der Waals surface area contributed by atoms with E-state index in [1.807, 2.05) is 44.2 Å².